The van der Waals surface area contributed by atoms with Gasteiger partial charge in [0.1, 0.15) is 18.3 Å². The van der Waals surface area contributed by atoms with Gasteiger partial charge in [0.25, 0.3) is 0 Å². The molecule has 4 rings (SSSR count). The highest BCUT2D eigenvalue weighted by Gasteiger charge is 2.28. The van der Waals surface area contributed by atoms with Crippen LogP contribution in [0.3, 0.4) is 0 Å². The number of sulfone groups is 1. The second-order valence-corrected chi connectivity index (χ2v) is 12.4. The Morgan fingerprint density at radius 2 is 1.76 bits per heavy atom. The van der Waals surface area contributed by atoms with Crippen LogP contribution in [0.5, 0.6) is 5.88 Å². The van der Waals surface area contributed by atoms with Gasteiger partial charge in [-0.3, -0.25) is 9.69 Å². The molecular formula is C26H29Cl2N3O5S. The Hall–Kier alpha value is -2.43. The van der Waals surface area contributed by atoms with Gasteiger partial charge in [0.15, 0.2) is 9.84 Å². The van der Waals surface area contributed by atoms with E-state index in [1.807, 2.05) is 36.1 Å². The number of aromatic nitrogens is 2. The average Bonchev–Trinajstić information content (AvgIpc) is 3.13. The zero-order valence-corrected chi connectivity index (χ0v) is 23.2. The second kappa shape index (κ2) is 11.1. The molecule has 198 valence electrons. The van der Waals surface area contributed by atoms with Crippen LogP contribution in [0.15, 0.2) is 36.4 Å². The van der Waals surface area contributed by atoms with Crippen LogP contribution in [-0.2, 0) is 23.4 Å². The Balaban J connectivity index is 1.58. The minimum absolute atomic E-state index is 0.0697. The third-order valence-corrected chi connectivity index (χ3v) is 8.88. The largest absolute Gasteiger partial charge is 0.474 e. The van der Waals surface area contributed by atoms with Crippen molar-refractivity contribution in [1.82, 2.24) is 14.7 Å². The molecule has 2 aromatic carbocycles. The summed E-state index contributed by atoms with van der Waals surface area (Å²) >= 11 is 13.1. The number of aliphatic hydroxyl groups is 1. The Morgan fingerprint density at radius 3 is 2.41 bits per heavy atom. The van der Waals surface area contributed by atoms with Crippen LogP contribution in [0.25, 0.3) is 0 Å². The zero-order valence-electron chi connectivity index (χ0n) is 20.9. The summed E-state index contributed by atoms with van der Waals surface area (Å²) in [5.74, 6) is -0.00696. The predicted octanol–water partition coefficient (Wildman–Crippen LogP) is 3.92. The quantitative estimate of drug-likeness (QED) is 0.413. The number of ketones is 1. The number of benzene rings is 2. The van der Waals surface area contributed by atoms with Crippen molar-refractivity contribution >= 4 is 38.8 Å². The molecule has 0 spiro atoms. The van der Waals surface area contributed by atoms with E-state index in [1.54, 1.807) is 26.1 Å². The van der Waals surface area contributed by atoms with Crippen molar-refractivity contribution in [3.05, 3.63) is 80.0 Å². The fourth-order valence-electron chi connectivity index (χ4n) is 4.29. The van der Waals surface area contributed by atoms with E-state index in [0.717, 1.165) is 5.56 Å². The van der Waals surface area contributed by atoms with E-state index >= 15 is 0 Å². The summed E-state index contributed by atoms with van der Waals surface area (Å²) in [4.78, 5) is 15.7. The maximum atomic E-state index is 13.7. The van der Waals surface area contributed by atoms with Crippen molar-refractivity contribution in [1.29, 1.82) is 0 Å². The van der Waals surface area contributed by atoms with Gasteiger partial charge in [-0.2, -0.15) is 5.10 Å². The zero-order chi connectivity index (χ0) is 26.9. The molecule has 1 fully saturated rings. The maximum absolute atomic E-state index is 13.7. The van der Waals surface area contributed by atoms with Gasteiger partial charge in [0.2, 0.25) is 11.7 Å². The number of halogens is 2. The Bertz CT molecular complexity index is 1410. The van der Waals surface area contributed by atoms with Gasteiger partial charge in [0.05, 0.1) is 22.2 Å². The van der Waals surface area contributed by atoms with E-state index in [0.29, 0.717) is 41.5 Å². The van der Waals surface area contributed by atoms with Gasteiger partial charge in [-0.15, -0.1) is 0 Å². The van der Waals surface area contributed by atoms with E-state index in [4.69, 9.17) is 27.9 Å². The van der Waals surface area contributed by atoms with Crippen LogP contribution < -0.4 is 4.74 Å². The van der Waals surface area contributed by atoms with Crippen molar-refractivity contribution in [2.24, 2.45) is 7.05 Å². The first-order valence-corrected chi connectivity index (χ1v) is 14.4. The molecule has 3 aromatic rings. The lowest BCUT2D eigenvalue weighted by atomic mass is 10.0. The fourth-order valence-corrected chi connectivity index (χ4v) is 6.14. The molecule has 0 aliphatic carbocycles. The molecule has 1 aliphatic rings. The highest BCUT2D eigenvalue weighted by Crippen LogP contribution is 2.34. The summed E-state index contributed by atoms with van der Waals surface area (Å²) < 4.78 is 30.9. The summed E-state index contributed by atoms with van der Waals surface area (Å²) in [6.45, 7) is 4.67. The van der Waals surface area contributed by atoms with Crippen molar-refractivity contribution in [3.63, 3.8) is 0 Å². The van der Waals surface area contributed by atoms with E-state index in [-0.39, 0.29) is 45.9 Å². The summed E-state index contributed by atoms with van der Waals surface area (Å²) in [5.41, 5.74) is 3.29. The van der Waals surface area contributed by atoms with Crippen LogP contribution in [0.4, 0.5) is 0 Å². The fraction of sp³-hybridized carbons (Fsp3) is 0.385. The summed E-state index contributed by atoms with van der Waals surface area (Å²) in [5, 5.41) is 15.6. The number of nitrogens with zero attached hydrogens (tertiary/aromatic N) is 3. The average molecular weight is 567 g/mol. The molecule has 0 bridgehead atoms. The lowest BCUT2D eigenvalue weighted by molar-refractivity contribution is 0.0969. The van der Waals surface area contributed by atoms with E-state index in [9.17, 15) is 18.3 Å². The molecule has 1 atom stereocenters. The molecule has 37 heavy (non-hydrogen) atoms. The van der Waals surface area contributed by atoms with Crippen LogP contribution >= 0.6 is 23.2 Å². The molecule has 0 radical (unpaired) electrons. The van der Waals surface area contributed by atoms with Gasteiger partial charge in [-0.25, -0.2) is 13.1 Å². The summed E-state index contributed by atoms with van der Waals surface area (Å²) in [6.07, 6.45) is -0.891. The van der Waals surface area contributed by atoms with Crippen LogP contribution in [-0.4, -0.2) is 65.2 Å². The van der Waals surface area contributed by atoms with Crippen molar-refractivity contribution in [3.8, 4) is 5.88 Å². The first-order chi connectivity index (χ1) is 17.5. The minimum atomic E-state index is -3.03. The highest BCUT2D eigenvalue weighted by molar-refractivity contribution is 7.91. The van der Waals surface area contributed by atoms with Gasteiger partial charge in [0, 0.05) is 42.8 Å². The lowest BCUT2D eigenvalue weighted by Crippen LogP contribution is -2.39. The molecule has 0 saturated carbocycles. The summed E-state index contributed by atoms with van der Waals surface area (Å²) in [7, 11) is -1.36. The molecule has 1 aromatic heterocycles. The van der Waals surface area contributed by atoms with E-state index in [2.05, 4.69) is 5.10 Å². The Morgan fingerprint density at radius 1 is 1.11 bits per heavy atom. The first-order valence-electron chi connectivity index (χ1n) is 11.8. The third-order valence-electron chi connectivity index (χ3n) is 6.49. The number of ether oxygens (including phenoxy) is 1. The van der Waals surface area contributed by atoms with Gasteiger partial charge < -0.3 is 9.84 Å². The molecule has 1 aliphatic heterocycles. The number of carbonyl (C=O) groups is 1. The SMILES string of the molecule is Cc1ccc(C(O)COc2c(C(=O)c3ccc(Cl)c(CN4CCS(=O)(=O)CC4)c3Cl)c(C)nn2C)cc1. The minimum Gasteiger partial charge on any atom is -0.474 e. The van der Waals surface area contributed by atoms with Gasteiger partial charge in [-0.1, -0.05) is 53.0 Å². The highest BCUT2D eigenvalue weighted by atomic mass is 35.5. The van der Waals surface area contributed by atoms with E-state index in [1.165, 1.54) is 4.68 Å². The molecule has 1 saturated heterocycles. The number of hydrogen-bond acceptors (Lipinski definition) is 7. The predicted molar refractivity (Wildman–Crippen MR) is 143 cm³/mol. The molecule has 1 unspecified atom stereocenters. The smallest absolute Gasteiger partial charge is 0.223 e. The van der Waals surface area contributed by atoms with Crippen molar-refractivity contribution in [2.75, 3.05) is 31.2 Å². The molecule has 2 heterocycles. The molecule has 1 N–H and O–H groups in total. The van der Waals surface area contributed by atoms with Crippen molar-refractivity contribution < 1.29 is 23.1 Å². The Kier molecular flexibility index (Phi) is 8.30. The monoisotopic (exact) mass is 565 g/mol. The van der Waals surface area contributed by atoms with Crippen LogP contribution in [0.1, 0.15) is 44.4 Å². The maximum Gasteiger partial charge on any atom is 0.223 e. The second-order valence-electron chi connectivity index (χ2n) is 9.27. The standard InChI is InChI=1S/C26H29Cl2N3O5S/c1-16-4-6-18(7-5-16)22(32)15-36-26-23(17(2)29-30(26)3)25(33)19-8-9-21(27)20(24(19)28)14-31-10-12-37(34,35)13-11-31/h4-9,22,32H,10-15H2,1-3H3. The third kappa shape index (κ3) is 6.18. The number of hydrogen-bond donors (Lipinski definition) is 1. The normalized spacial score (nSPS) is 16.5. The lowest BCUT2D eigenvalue weighted by Gasteiger charge is -2.27. The number of rotatable bonds is 8. The number of aryl methyl sites for hydroxylation is 3. The molecular weight excluding hydrogens is 537 g/mol. The topological polar surface area (TPSA) is 102 Å². The van der Waals surface area contributed by atoms with Gasteiger partial charge >= 0.3 is 0 Å². The first kappa shape index (κ1) is 27.6. The van der Waals surface area contributed by atoms with Crippen LogP contribution in [0.2, 0.25) is 10.0 Å². The molecule has 8 nitrogen and oxygen atoms in total. The van der Waals surface area contributed by atoms with E-state index < -0.39 is 15.9 Å². The van der Waals surface area contributed by atoms with Crippen molar-refractivity contribution in [2.45, 2.75) is 26.5 Å². The Labute approximate surface area is 226 Å². The molecule has 11 heteroatoms. The van der Waals surface area contributed by atoms with Crippen LogP contribution in [0, 0.1) is 13.8 Å². The summed E-state index contributed by atoms with van der Waals surface area (Å²) in [6, 6.07) is 10.7. The number of aliphatic hydroxyl groups excluding tert-OH is 1. The molecule has 0 amide bonds. The number of carbonyl (C=O) groups excluding carboxylic acids is 1. The van der Waals surface area contributed by atoms with Gasteiger partial charge in [-0.05, 0) is 31.5 Å².